The fourth-order valence-corrected chi connectivity index (χ4v) is 2.88. The minimum Gasteiger partial charge on any atom is -0.347 e. The number of benzene rings is 1. The summed E-state index contributed by atoms with van der Waals surface area (Å²) in [5.41, 5.74) is 0. The summed E-state index contributed by atoms with van der Waals surface area (Å²) in [6, 6.07) is 5.67. The standard InChI is InChI=1S/C11H12ClF3N2O3S/c12-8-3-1-2-4-9(8)21(19,20)17-6-5-10(18)16-7-11(13,14)15/h1-4,17H,5-7H2,(H,16,18). The average Bonchev–Trinajstić information content (AvgIpc) is 2.35. The Labute approximate surface area is 124 Å². The van der Waals surface area contributed by atoms with Crippen molar-refractivity contribution in [3.05, 3.63) is 29.3 Å². The van der Waals surface area contributed by atoms with Crippen LogP contribution in [-0.2, 0) is 14.8 Å². The molecule has 0 saturated carbocycles. The highest BCUT2D eigenvalue weighted by atomic mass is 35.5. The molecule has 10 heteroatoms. The first-order valence-electron chi connectivity index (χ1n) is 5.69. The van der Waals surface area contributed by atoms with Crippen molar-refractivity contribution in [2.75, 3.05) is 13.1 Å². The highest BCUT2D eigenvalue weighted by molar-refractivity contribution is 7.89. The monoisotopic (exact) mass is 344 g/mol. The summed E-state index contributed by atoms with van der Waals surface area (Å²) in [6.07, 6.45) is -4.92. The maximum absolute atomic E-state index is 11.9. The molecule has 1 rings (SSSR count). The van der Waals surface area contributed by atoms with Gasteiger partial charge in [-0.05, 0) is 12.1 Å². The van der Waals surface area contributed by atoms with Crippen LogP contribution in [-0.4, -0.2) is 33.6 Å². The number of hydrogen-bond acceptors (Lipinski definition) is 3. The smallest absolute Gasteiger partial charge is 0.347 e. The number of rotatable bonds is 6. The molecule has 118 valence electrons. The molecule has 21 heavy (non-hydrogen) atoms. The summed E-state index contributed by atoms with van der Waals surface area (Å²) < 4.78 is 61.3. The van der Waals surface area contributed by atoms with E-state index in [1.165, 1.54) is 18.2 Å². The van der Waals surface area contributed by atoms with E-state index in [0.717, 1.165) is 0 Å². The van der Waals surface area contributed by atoms with Crippen LogP contribution in [0.4, 0.5) is 13.2 Å². The maximum atomic E-state index is 11.9. The van der Waals surface area contributed by atoms with E-state index in [1.54, 1.807) is 11.4 Å². The quantitative estimate of drug-likeness (QED) is 0.824. The van der Waals surface area contributed by atoms with Crippen LogP contribution in [0.3, 0.4) is 0 Å². The Morgan fingerprint density at radius 3 is 2.43 bits per heavy atom. The Morgan fingerprint density at radius 2 is 1.86 bits per heavy atom. The second-order valence-corrected chi connectivity index (χ2v) is 6.11. The fourth-order valence-electron chi connectivity index (χ4n) is 1.33. The summed E-state index contributed by atoms with van der Waals surface area (Å²) in [5, 5.41) is 1.64. The molecule has 0 aliphatic heterocycles. The number of nitrogens with one attached hydrogen (secondary N) is 2. The molecule has 0 saturated heterocycles. The summed E-state index contributed by atoms with van der Waals surface area (Å²) >= 11 is 5.73. The van der Waals surface area contributed by atoms with E-state index in [1.807, 2.05) is 0 Å². The zero-order valence-corrected chi connectivity index (χ0v) is 12.1. The molecule has 0 spiro atoms. The minimum atomic E-state index is -4.51. The third-order valence-electron chi connectivity index (χ3n) is 2.26. The van der Waals surface area contributed by atoms with Crippen molar-refractivity contribution in [3.8, 4) is 0 Å². The summed E-state index contributed by atoms with van der Waals surface area (Å²) in [7, 11) is -3.91. The largest absolute Gasteiger partial charge is 0.405 e. The van der Waals surface area contributed by atoms with E-state index in [9.17, 15) is 26.4 Å². The van der Waals surface area contributed by atoms with Gasteiger partial charge in [0.15, 0.2) is 0 Å². The van der Waals surface area contributed by atoms with Crippen LogP contribution in [0.15, 0.2) is 29.2 Å². The van der Waals surface area contributed by atoms with Crippen molar-refractivity contribution >= 4 is 27.5 Å². The molecule has 0 atom stereocenters. The molecule has 0 aromatic heterocycles. The Hall–Kier alpha value is -1.32. The molecule has 2 N–H and O–H groups in total. The van der Waals surface area contributed by atoms with Gasteiger partial charge in [-0.25, -0.2) is 13.1 Å². The second-order valence-electron chi connectivity index (χ2n) is 3.97. The molecule has 5 nitrogen and oxygen atoms in total. The van der Waals surface area contributed by atoms with Gasteiger partial charge >= 0.3 is 6.18 Å². The topological polar surface area (TPSA) is 75.3 Å². The first-order chi connectivity index (χ1) is 9.62. The van der Waals surface area contributed by atoms with Gasteiger partial charge in [0.25, 0.3) is 0 Å². The SMILES string of the molecule is O=C(CCNS(=O)(=O)c1ccccc1Cl)NCC(F)(F)F. The predicted octanol–water partition coefficient (Wildman–Crippen LogP) is 1.69. The van der Waals surface area contributed by atoms with Gasteiger partial charge in [-0.1, -0.05) is 23.7 Å². The van der Waals surface area contributed by atoms with Gasteiger partial charge in [0.2, 0.25) is 15.9 Å². The molecular weight excluding hydrogens is 333 g/mol. The summed E-state index contributed by atoms with van der Waals surface area (Å²) in [5.74, 6) is -0.908. The van der Waals surface area contributed by atoms with Gasteiger partial charge in [-0.15, -0.1) is 0 Å². The van der Waals surface area contributed by atoms with Crippen molar-refractivity contribution in [1.82, 2.24) is 10.0 Å². The zero-order chi connectivity index (χ0) is 16.1. The van der Waals surface area contributed by atoms with Crippen molar-refractivity contribution < 1.29 is 26.4 Å². The van der Waals surface area contributed by atoms with E-state index in [2.05, 4.69) is 4.72 Å². The highest BCUT2D eigenvalue weighted by Gasteiger charge is 2.27. The van der Waals surface area contributed by atoms with Crippen LogP contribution in [0, 0.1) is 0 Å². The zero-order valence-electron chi connectivity index (χ0n) is 10.6. The van der Waals surface area contributed by atoms with E-state index in [-0.39, 0.29) is 16.5 Å². The Morgan fingerprint density at radius 1 is 1.24 bits per heavy atom. The van der Waals surface area contributed by atoms with Gasteiger partial charge in [0.1, 0.15) is 11.4 Å². The van der Waals surface area contributed by atoms with Crippen LogP contribution in [0.1, 0.15) is 6.42 Å². The van der Waals surface area contributed by atoms with Gasteiger partial charge in [-0.2, -0.15) is 13.2 Å². The first-order valence-corrected chi connectivity index (χ1v) is 7.55. The van der Waals surface area contributed by atoms with Gasteiger partial charge in [-0.3, -0.25) is 4.79 Å². The maximum Gasteiger partial charge on any atom is 0.405 e. The minimum absolute atomic E-state index is 0.00604. The number of carbonyl (C=O) groups excluding carboxylic acids is 1. The molecule has 0 bridgehead atoms. The highest BCUT2D eigenvalue weighted by Crippen LogP contribution is 2.19. The molecule has 1 aromatic carbocycles. The molecule has 0 heterocycles. The van der Waals surface area contributed by atoms with Gasteiger partial charge < -0.3 is 5.32 Å². The predicted molar refractivity (Wildman–Crippen MR) is 70.3 cm³/mol. The second kappa shape index (κ2) is 7.10. The molecule has 0 radical (unpaired) electrons. The van der Waals surface area contributed by atoms with Crippen LogP contribution in [0.5, 0.6) is 0 Å². The Balaban J connectivity index is 2.49. The average molecular weight is 345 g/mol. The fraction of sp³-hybridized carbons (Fsp3) is 0.364. The van der Waals surface area contributed by atoms with Crippen LogP contribution in [0.2, 0.25) is 5.02 Å². The third-order valence-corrected chi connectivity index (χ3v) is 4.22. The third kappa shape index (κ3) is 6.32. The number of carbonyl (C=O) groups is 1. The van der Waals surface area contributed by atoms with Crippen molar-refractivity contribution in [2.24, 2.45) is 0 Å². The Bertz CT molecular complexity index is 605. The molecule has 1 amide bonds. The molecule has 0 aliphatic rings. The van der Waals surface area contributed by atoms with Crippen LogP contribution >= 0.6 is 11.6 Å². The van der Waals surface area contributed by atoms with Crippen LogP contribution in [0.25, 0.3) is 0 Å². The van der Waals surface area contributed by atoms with Crippen molar-refractivity contribution in [2.45, 2.75) is 17.5 Å². The van der Waals surface area contributed by atoms with E-state index in [4.69, 9.17) is 11.6 Å². The number of sulfonamides is 1. The lowest BCUT2D eigenvalue weighted by Crippen LogP contribution is -2.36. The molecular formula is C11H12ClF3N2O3S. The van der Waals surface area contributed by atoms with Gasteiger partial charge in [0, 0.05) is 13.0 Å². The van der Waals surface area contributed by atoms with E-state index < -0.39 is 35.1 Å². The number of hydrogen-bond donors (Lipinski definition) is 2. The summed E-state index contributed by atoms with van der Waals surface area (Å²) in [4.78, 5) is 10.9. The molecule has 0 unspecified atom stereocenters. The number of halogens is 4. The van der Waals surface area contributed by atoms with Crippen molar-refractivity contribution in [1.29, 1.82) is 0 Å². The molecule has 1 aromatic rings. The Kier molecular flexibility index (Phi) is 5.99. The van der Waals surface area contributed by atoms with E-state index in [0.29, 0.717) is 0 Å². The summed E-state index contributed by atoms with van der Waals surface area (Å²) in [6.45, 7) is -1.79. The van der Waals surface area contributed by atoms with Crippen molar-refractivity contribution in [3.63, 3.8) is 0 Å². The van der Waals surface area contributed by atoms with E-state index >= 15 is 0 Å². The molecule has 0 fully saturated rings. The molecule has 0 aliphatic carbocycles. The lowest BCUT2D eigenvalue weighted by atomic mass is 10.4. The lowest BCUT2D eigenvalue weighted by Gasteiger charge is -2.10. The number of alkyl halides is 3. The van der Waals surface area contributed by atoms with Gasteiger partial charge in [0.05, 0.1) is 5.02 Å². The lowest BCUT2D eigenvalue weighted by molar-refractivity contribution is -0.138. The first kappa shape index (κ1) is 17.7. The van der Waals surface area contributed by atoms with Crippen LogP contribution < -0.4 is 10.0 Å². The normalized spacial score (nSPS) is 12.2. The number of amides is 1.